The van der Waals surface area contributed by atoms with E-state index in [1.54, 1.807) is 0 Å². The van der Waals surface area contributed by atoms with Gasteiger partial charge in [-0.15, -0.1) is 11.8 Å². The summed E-state index contributed by atoms with van der Waals surface area (Å²) < 4.78 is 0.836. The standard InChI is InChI=1S/C19H30N2O3S2/c1-3-18(25-13-17(22)23)26-14(2)20-19(24)21(16-11-7-8-12-16)15-9-5-4-6-10-15/h3,15-16H,2,4-13H2,1H3,(H,20,24)(H,22,23)/b18-3-. The molecule has 0 heterocycles. The van der Waals surface area contributed by atoms with Crippen LogP contribution in [0.1, 0.15) is 64.7 Å². The van der Waals surface area contributed by atoms with Gasteiger partial charge in [0.2, 0.25) is 0 Å². The highest BCUT2D eigenvalue weighted by Gasteiger charge is 2.33. The molecule has 26 heavy (non-hydrogen) atoms. The van der Waals surface area contributed by atoms with E-state index in [9.17, 15) is 9.59 Å². The molecular weight excluding hydrogens is 368 g/mol. The Morgan fingerprint density at radius 2 is 1.65 bits per heavy atom. The topological polar surface area (TPSA) is 69.6 Å². The molecule has 0 bridgehead atoms. The second-order valence-electron chi connectivity index (χ2n) is 6.88. The molecule has 0 aliphatic heterocycles. The molecule has 2 N–H and O–H groups in total. The van der Waals surface area contributed by atoms with E-state index in [4.69, 9.17) is 5.11 Å². The molecule has 0 saturated heterocycles. The lowest BCUT2D eigenvalue weighted by Gasteiger charge is -2.38. The number of carbonyl (C=O) groups is 2. The van der Waals surface area contributed by atoms with Crippen LogP contribution in [0, 0.1) is 0 Å². The van der Waals surface area contributed by atoms with Crippen molar-refractivity contribution in [3.8, 4) is 0 Å². The van der Waals surface area contributed by atoms with Crippen molar-refractivity contribution >= 4 is 35.5 Å². The first-order valence-corrected chi connectivity index (χ1v) is 11.3. The maximum atomic E-state index is 13.0. The Morgan fingerprint density at radius 1 is 1.12 bits per heavy atom. The molecule has 0 atom stereocenters. The number of allylic oxidation sites excluding steroid dienone is 1. The highest BCUT2D eigenvalue weighted by Crippen LogP contribution is 2.34. The zero-order valence-corrected chi connectivity index (χ0v) is 17.2. The molecule has 7 heteroatoms. The summed E-state index contributed by atoms with van der Waals surface area (Å²) in [7, 11) is 0. The third-order valence-corrected chi connectivity index (χ3v) is 7.26. The number of nitrogens with zero attached hydrogens (tertiary/aromatic N) is 1. The van der Waals surface area contributed by atoms with Gasteiger partial charge in [0, 0.05) is 16.3 Å². The largest absolute Gasteiger partial charge is 0.481 e. The number of urea groups is 1. The minimum absolute atomic E-state index is 0.00414. The lowest BCUT2D eigenvalue weighted by molar-refractivity contribution is -0.133. The van der Waals surface area contributed by atoms with Gasteiger partial charge in [-0.05, 0) is 32.6 Å². The Bertz CT molecular complexity index is 539. The van der Waals surface area contributed by atoms with Crippen LogP contribution in [0.15, 0.2) is 21.9 Å². The van der Waals surface area contributed by atoms with Crippen molar-refractivity contribution in [2.45, 2.75) is 76.8 Å². The number of nitrogens with one attached hydrogen (secondary N) is 1. The number of amides is 2. The number of carboxylic acids is 1. The zero-order chi connectivity index (χ0) is 18.9. The summed E-state index contributed by atoms with van der Waals surface area (Å²) >= 11 is 2.57. The average molecular weight is 399 g/mol. The number of hydrogen-bond donors (Lipinski definition) is 2. The van der Waals surface area contributed by atoms with Gasteiger partial charge in [0.15, 0.2) is 0 Å². The van der Waals surface area contributed by atoms with Crippen LogP contribution < -0.4 is 5.32 Å². The van der Waals surface area contributed by atoms with E-state index in [1.807, 2.05) is 13.0 Å². The Kier molecular flexibility index (Phi) is 8.91. The van der Waals surface area contributed by atoms with Crippen molar-refractivity contribution < 1.29 is 14.7 Å². The van der Waals surface area contributed by atoms with Gasteiger partial charge >= 0.3 is 12.0 Å². The number of carbonyl (C=O) groups excluding carboxylic acids is 1. The number of carboxylic acid groups (broad SMARTS) is 1. The highest BCUT2D eigenvalue weighted by molar-refractivity contribution is 8.24. The Hall–Kier alpha value is -1.08. The van der Waals surface area contributed by atoms with E-state index in [1.165, 1.54) is 55.6 Å². The second kappa shape index (κ2) is 10.9. The molecular formula is C19H30N2O3S2. The maximum Gasteiger partial charge on any atom is 0.322 e. The Balaban J connectivity index is 1.94. The molecule has 0 aromatic carbocycles. The first kappa shape index (κ1) is 21.2. The van der Waals surface area contributed by atoms with Crippen LogP contribution in [0.4, 0.5) is 4.79 Å². The maximum absolute atomic E-state index is 13.0. The van der Waals surface area contributed by atoms with Crippen LogP contribution in [0.5, 0.6) is 0 Å². The molecule has 0 unspecified atom stereocenters. The quantitative estimate of drug-likeness (QED) is 0.591. The van der Waals surface area contributed by atoms with Gasteiger partial charge in [0.05, 0.1) is 10.8 Å². The van der Waals surface area contributed by atoms with Gasteiger partial charge in [-0.25, -0.2) is 4.79 Å². The van der Waals surface area contributed by atoms with Gasteiger partial charge in [0.1, 0.15) is 0 Å². The van der Waals surface area contributed by atoms with Crippen molar-refractivity contribution in [3.63, 3.8) is 0 Å². The molecule has 2 amide bonds. The normalized spacial score (nSPS) is 19.3. The first-order chi connectivity index (χ1) is 12.5. The van der Waals surface area contributed by atoms with Gasteiger partial charge < -0.3 is 15.3 Å². The van der Waals surface area contributed by atoms with Crippen LogP contribution in [-0.4, -0.2) is 39.8 Å². The van der Waals surface area contributed by atoms with Crippen LogP contribution in [0.3, 0.4) is 0 Å². The van der Waals surface area contributed by atoms with Crippen LogP contribution >= 0.6 is 23.5 Å². The monoisotopic (exact) mass is 398 g/mol. The summed E-state index contributed by atoms with van der Waals surface area (Å²) in [6.07, 6.45) is 12.3. The molecule has 2 rings (SSSR count). The third kappa shape index (κ3) is 6.58. The van der Waals surface area contributed by atoms with Crippen LogP contribution in [0.25, 0.3) is 0 Å². The van der Waals surface area contributed by atoms with E-state index >= 15 is 0 Å². The van der Waals surface area contributed by atoms with Crippen molar-refractivity contribution in [1.82, 2.24) is 10.2 Å². The second-order valence-corrected chi connectivity index (χ2v) is 9.30. The number of rotatable bonds is 8. The van der Waals surface area contributed by atoms with Gasteiger partial charge in [-0.2, -0.15) is 0 Å². The molecule has 0 aromatic heterocycles. The number of thioether (sulfide) groups is 2. The molecule has 5 nitrogen and oxygen atoms in total. The number of hydrogen-bond acceptors (Lipinski definition) is 4. The SMILES string of the molecule is C=C(NC(=O)N(C1CCCCC1)C1CCCC1)S/C(=C\C)SCC(=O)O. The highest BCUT2D eigenvalue weighted by atomic mass is 32.2. The van der Waals surface area contributed by atoms with E-state index in [0.29, 0.717) is 17.1 Å². The van der Waals surface area contributed by atoms with Crippen molar-refractivity contribution in [2.75, 3.05) is 5.75 Å². The summed E-state index contributed by atoms with van der Waals surface area (Å²) in [6, 6.07) is 0.644. The van der Waals surface area contributed by atoms with E-state index in [2.05, 4.69) is 16.8 Å². The molecule has 0 radical (unpaired) electrons. The van der Waals surface area contributed by atoms with Gasteiger partial charge in [-0.1, -0.05) is 56.5 Å². The minimum atomic E-state index is -0.852. The van der Waals surface area contributed by atoms with Crippen LogP contribution in [-0.2, 0) is 4.79 Å². The fourth-order valence-corrected chi connectivity index (χ4v) is 5.45. The summed E-state index contributed by atoms with van der Waals surface area (Å²) in [5.41, 5.74) is 0. The molecule has 0 aromatic rings. The Labute approximate surface area is 165 Å². The van der Waals surface area contributed by atoms with Crippen molar-refractivity contribution in [2.24, 2.45) is 0 Å². The third-order valence-electron chi connectivity index (χ3n) is 4.96. The lowest BCUT2D eigenvalue weighted by Crippen LogP contribution is -2.51. The minimum Gasteiger partial charge on any atom is -0.481 e. The smallest absolute Gasteiger partial charge is 0.322 e. The lowest BCUT2D eigenvalue weighted by atomic mass is 9.93. The van der Waals surface area contributed by atoms with Gasteiger partial charge in [-0.3, -0.25) is 4.79 Å². The van der Waals surface area contributed by atoms with Gasteiger partial charge in [0.25, 0.3) is 0 Å². The van der Waals surface area contributed by atoms with Crippen molar-refractivity contribution in [1.29, 1.82) is 0 Å². The average Bonchev–Trinajstić information content (AvgIpc) is 3.13. The van der Waals surface area contributed by atoms with Crippen molar-refractivity contribution in [3.05, 3.63) is 21.9 Å². The zero-order valence-electron chi connectivity index (χ0n) is 15.5. The van der Waals surface area contributed by atoms with Crippen LogP contribution in [0.2, 0.25) is 0 Å². The summed E-state index contributed by atoms with van der Waals surface area (Å²) in [5, 5.41) is 12.3. The summed E-state index contributed by atoms with van der Waals surface area (Å²) in [5.74, 6) is -0.848. The summed E-state index contributed by atoms with van der Waals surface area (Å²) in [6.45, 7) is 5.83. The molecule has 2 aliphatic carbocycles. The predicted octanol–water partition coefficient (Wildman–Crippen LogP) is 5.16. The fraction of sp³-hybridized carbons (Fsp3) is 0.684. The molecule has 0 spiro atoms. The fourth-order valence-electron chi connectivity index (χ4n) is 3.81. The Morgan fingerprint density at radius 3 is 2.15 bits per heavy atom. The molecule has 2 aliphatic rings. The molecule has 2 fully saturated rings. The molecule has 146 valence electrons. The van der Waals surface area contributed by atoms with E-state index in [-0.39, 0.29) is 11.8 Å². The van der Waals surface area contributed by atoms with E-state index in [0.717, 1.165) is 29.9 Å². The number of aliphatic carboxylic acids is 1. The molecule has 2 saturated carbocycles. The predicted molar refractivity (Wildman–Crippen MR) is 110 cm³/mol. The first-order valence-electron chi connectivity index (χ1n) is 9.48. The summed E-state index contributed by atoms with van der Waals surface area (Å²) in [4.78, 5) is 25.8. The van der Waals surface area contributed by atoms with E-state index < -0.39 is 5.97 Å².